The summed E-state index contributed by atoms with van der Waals surface area (Å²) in [4.78, 5) is 12.3. The van der Waals surface area contributed by atoms with Crippen LogP contribution in [0.5, 0.6) is 5.88 Å². The fourth-order valence-corrected chi connectivity index (χ4v) is 3.54. The summed E-state index contributed by atoms with van der Waals surface area (Å²) in [6.45, 7) is -1.18. The molecule has 0 saturated heterocycles. The van der Waals surface area contributed by atoms with Crippen molar-refractivity contribution in [2.75, 3.05) is 30.9 Å². The number of aliphatic hydroxyl groups is 1. The Hall–Kier alpha value is -2.33. The quantitative estimate of drug-likeness (QED) is 0.575. The van der Waals surface area contributed by atoms with E-state index in [9.17, 15) is 18.3 Å². The molecule has 0 aromatic carbocycles. The van der Waals surface area contributed by atoms with Crippen molar-refractivity contribution in [3.05, 3.63) is 23.5 Å². The molecule has 2 heterocycles. The van der Waals surface area contributed by atoms with Crippen LogP contribution in [-0.2, 0) is 0 Å². The number of nitrogens with one attached hydrogen (secondary N) is 2. The van der Waals surface area contributed by atoms with Gasteiger partial charge in [0, 0.05) is 30.5 Å². The SMILES string of the molecule is COc1ccc(-c2c(Cl)nc(NCC(F)(F)F)nc2N[C@H]2CC[C@@H](CO)C2)cn1. The topological polar surface area (TPSA) is 92.2 Å². The molecule has 0 bridgehead atoms. The molecule has 0 aliphatic heterocycles. The Morgan fingerprint density at radius 2 is 2.07 bits per heavy atom. The van der Waals surface area contributed by atoms with Gasteiger partial charge in [-0.3, -0.25) is 0 Å². The maximum Gasteiger partial charge on any atom is 0.405 e. The number of rotatable bonds is 7. The largest absolute Gasteiger partial charge is 0.481 e. The van der Waals surface area contributed by atoms with Crippen molar-refractivity contribution < 1.29 is 23.0 Å². The molecule has 0 amide bonds. The van der Waals surface area contributed by atoms with E-state index >= 15 is 0 Å². The number of nitrogens with zero attached hydrogens (tertiary/aromatic N) is 3. The summed E-state index contributed by atoms with van der Waals surface area (Å²) in [5, 5.41) is 14.8. The molecule has 0 unspecified atom stereocenters. The molecule has 0 radical (unpaired) electrons. The second-order valence-corrected chi connectivity index (χ2v) is 7.18. The van der Waals surface area contributed by atoms with Crippen molar-refractivity contribution in [3.8, 4) is 17.0 Å². The summed E-state index contributed by atoms with van der Waals surface area (Å²) in [7, 11) is 1.49. The Labute approximate surface area is 170 Å². The number of ether oxygens (including phenoxy) is 1. The third kappa shape index (κ3) is 5.60. The monoisotopic (exact) mass is 431 g/mol. The lowest BCUT2D eigenvalue weighted by molar-refractivity contribution is -0.115. The van der Waals surface area contributed by atoms with Gasteiger partial charge in [-0.2, -0.15) is 18.2 Å². The highest BCUT2D eigenvalue weighted by atomic mass is 35.5. The molecule has 1 saturated carbocycles. The van der Waals surface area contributed by atoms with E-state index in [-0.39, 0.29) is 29.7 Å². The van der Waals surface area contributed by atoms with Crippen molar-refractivity contribution in [2.24, 2.45) is 5.92 Å². The smallest absolute Gasteiger partial charge is 0.405 e. The van der Waals surface area contributed by atoms with E-state index in [4.69, 9.17) is 16.3 Å². The zero-order valence-corrected chi connectivity index (χ0v) is 16.4. The number of aromatic nitrogens is 3. The highest BCUT2D eigenvalue weighted by Gasteiger charge is 2.29. The van der Waals surface area contributed by atoms with Crippen LogP contribution in [0.25, 0.3) is 11.1 Å². The Morgan fingerprint density at radius 1 is 1.28 bits per heavy atom. The molecule has 1 aliphatic rings. The normalized spacial score (nSPS) is 19.2. The number of halogens is 4. The number of hydrogen-bond donors (Lipinski definition) is 3. The Balaban J connectivity index is 1.93. The van der Waals surface area contributed by atoms with Gasteiger partial charge in [0.1, 0.15) is 17.5 Å². The summed E-state index contributed by atoms with van der Waals surface area (Å²) >= 11 is 6.32. The fourth-order valence-electron chi connectivity index (χ4n) is 3.27. The number of pyridine rings is 1. The zero-order chi connectivity index (χ0) is 21.0. The van der Waals surface area contributed by atoms with Crippen molar-refractivity contribution >= 4 is 23.4 Å². The predicted octanol–water partition coefficient (Wildman–Crippen LogP) is 3.75. The summed E-state index contributed by atoms with van der Waals surface area (Å²) in [6, 6.07) is 3.37. The minimum atomic E-state index is -4.41. The van der Waals surface area contributed by atoms with Crippen molar-refractivity contribution in [2.45, 2.75) is 31.5 Å². The average Bonchev–Trinajstić information content (AvgIpc) is 3.13. The minimum Gasteiger partial charge on any atom is -0.481 e. The fraction of sp³-hybridized carbons (Fsp3) is 0.500. The second-order valence-electron chi connectivity index (χ2n) is 6.82. The second kappa shape index (κ2) is 9.00. The molecule has 1 aliphatic carbocycles. The lowest BCUT2D eigenvalue weighted by Gasteiger charge is -2.19. The van der Waals surface area contributed by atoms with Crippen molar-refractivity contribution in [1.29, 1.82) is 0 Å². The third-order valence-electron chi connectivity index (χ3n) is 4.69. The van der Waals surface area contributed by atoms with Crippen LogP contribution in [-0.4, -0.2) is 52.5 Å². The van der Waals surface area contributed by atoms with Gasteiger partial charge in [0.15, 0.2) is 0 Å². The standard InChI is InChI=1S/C18H21ClF3N5O2/c1-29-13-5-3-11(7-23-13)14-15(19)26-17(24-9-18(20,21)22)27-16(14)25-12-4-2-10(6-12)8-28/h3,5,7,10,12,28H,2,4,6,8-9H2,1H3,(H2,24,25,26,27)/t10-,12+/m1/s1. The van der Waals surface area contributed by atoms with Gasteiger partial charge in [0.05, 0.1) is 12.7 Å². The zero-order valence-electron chi connectivity index (χ0n) is 15.6. The van der Waals surface area contributed by atoms with Gasteiger partial charge in [0.25, 0.3) is 0 Å². The molecule has 2 aromatic heterocycles. The first-order chi connectivity index (χ1) is 13.8. The first kappa shape index (κ1) is 21.4. The summed E-state index contributed by atoms with van der Waals surface area (Å²) in [6.07, 6.45) is -0.502. The van der Waals surface area contributed by atoms with Crippen molar-refractivity contribution in [1.82, 2.24) is 15.0 Å². The number of methoxy groups -OCH3 is 1. The van der Waals surface area contributed by atoms with Crippen LogP contribution in [0, 0.1) is 5.92 Å². The molecule has 2 atom stereocenters. The van der Waals surface area contributed by atoms with Crippen LogP contribution in [0.2, 0.25) is 5.15 Å². The molecule has 1 fully saturated rings. The first-order valence-electron chi connectivity index (χ1n) is 9.05. The number of aliphatic hydroxyl groups excluding tert-OH is 1. The van der Waals surface area contributed by atoms with E-state index in [0.717, 1.165) is 19.3 Å². The molecule has 11 heteroatoms. The van der Waals surface area contributed by atoms with Crippen molar-refractivity contribution in [3.63, 3.8) is 0 Å². The number of anilines is 2. The molecule has 2 aromatic rings. The van der Waals surface area contributed by atoms with Gasteiger partial charge in [0.2, 0.25) is 11.8 Å². The maximum absolute atomic E-state index is 12.6. The van der Waals surface area contributed by atoms with Crippen LogP contribution < -0.4 is 15.4 Å². The van der Waals surface area contributed by atoms with E-state index < -0.39 is 12.7 Å². The van der Waals surface area contributed by atoms with Crippen LogP contribution >= 0.6 is 11.6 Å². The molecule has 0 spiro atoms. The van der Waals surface area contributed by atoms with Gasteiger partial charge in [-0.25, -0.2) is 9.97 Å². The van der Waals surface area contributed by atoms with E-state index in [1.807, 2.05) is 0 Å². The first-order valence-corrected chi connectivity index (χ1v) is 9.43. The van der Waals surface area contributed by atoms with Gasteiger partial charge in [-0.15, -0.1) is 0 Å². The summed E-state index contributed by atoms with van der Waals surface area (Å²) in [5.74, 6) is 0.672. The Kier molecular flexibility index (Phi) is 6.63. The Morgan fingerprint density at radius 3 is 2.66 bits per heavy atom. The van der Waals surface area contributed by atoms with E-state index in [1.165, 1.54) is 13.3 Å². The molecular formula is C18H21ClF3N5O2. The highest BCUT2D eigenvalue weighted by molar-refractivity contribution is 6.32. The summed E-state index contributed by atoms with van der Waals surface area (Å²) in [5.41, 5.74) is 1.03. The molecule has 7 nitrogen and oxygen atoms in total. The molecule has 29 heavy (non-hydrogen) atoms. The van der Waals surface area contributed by atoms with Gasteiger partial charge in [-0.1, -0.05) is 11.6 Å². The predicted molar refractivity (Wildman–Crippen MR) is 103 cm³/mol. The highest BCUT2D eigenvalue weighted by Crippen LogP contribution is 2.36. The third-order valence-corrected chi connectivity index (χ3v) is 4.96. The van der Waals surface area contributed by atoms with Crippen LogP contribution in [0.1, 0.15) is 19.3 Å². The van der Waals surface area contributed by atoms with Gasteiger partial charge in [-0.05, 0) is 31.2 Å². The Bertz CT molecular complexity index is 835. The van der Waals surface area contributed by atoms with Crippen LogP contribution in [0.4, 0.5) is 24.9 Å². The van der Waals surface area contributed by atoms with E-state index in [1.54, 1.807) is 12.1 Å². The minimum absolute atomic E-state index is 0.00385. The maximum atomic E-state index is 12.6. The van der Waals surface area contributed by atoms with E-state index in [0.29, 0.717) is 22.8 Å². The van der Waals surface area contributed by atoms with Crippen LogP contribution in [0.15, 0.2) is 18.3 Å². The molecular weight excluding hydrogens is 411 g/mol. The average molecular weight is 432 g/mol. The summed E-state index contributed by atoms with van der Waals surface area (Å²) < 4.78 is 42.7. The molecule has 158 valence electrons. The van der Waals surface area contributed by atoms with E-state index in [2.05, 4.69) is 25.6 Å². The van der Waals surface area contributed by atoms with Gasteiger partial charge >= 0.3 is 6.18 Å². The van der Waals surface area contributed by atoms with Gasteiger partial charge < -0.3 is 20.5 Å². The lowest BCUT2D eigenvalue weighted by Crippen LogP contribution is -2.23. The molecule has 3 N–H and O–H groups in total. The molecule has 3 rings (SSSR count). The van der Waals surface area contributed by atoms with Crippen LogP contribution in [0.3, 0.4) is 0 Å². The number of hydrogen-bond acceptors (Lipinski definition) is 7. The number of alkyl halides is 3. The lowest BCUT2D eigenvalue weighted by atomic mass is 10.1.